The van der Waals surface area contributed by atoms with Crippen molar-refractivity contribution in [2.75, 3.05) is 10.7 Å². The number of halogens is 1. The minimum absolute atomic E-state index is 0.151. The van der Waals surface area contributed by atoms with E-state index < -0.39 is 6.03 Å². The Morgan fingerprint density at radius 2 is 2.07 bits per heavy atom. The minimum atomic E-state index is -0.557. The van der Waals surface area contributed by atoms with Crippen molar-refractivity contribution in [3.8, 4) is 5.88 Å². The number of carbonyl (C=O) groups is 1. The number of rotatable bonds is 3. The van der Waals surface area contributed by atoms with Gasteiger partial charge in [0.1, 0.15) is 0 Å². The molecule has 0 saturated heterocycles. The highest BCUT2D eigenvalue weighted by molar-refractivity contribution is 7.73. The van der Waals surface area contributed by atoms with Gasteiger partial charge in [0.2, 0.25) is 5.88 Å². The Morgan fingerprint density at radius 1 is 1.25 bits per heavy atom. The summed E-state index contributed by atoms with van der Waals surface area (Å²) in [6.45, 7) is 0. The number of nitrogens with one attached hydrogen (secondary N) is 2. The summed E-state index contributed by atoms with van der Waals surface area (Å²) in [6.07, 6.45) is 3.52. The molecule has 0 radical (unpaired) electrons. The molecule has 1 aromatic heterocycles. The number of allylic oxidation sites excluding steroid dienone is 1. The quantitative estimate of drug-likeness (QED) is 0.470. The number of nitrogens with zero attached hydrogens (tertiary/aromatic N) is 2. The largest absolute Gasteiger partial charge is 0.492 e. The predicted molar refractivity (Wildman–Crippen MR) is 117 cm³/mol. The van der Waals surface area contributed by atoms with Crippen LogP contribution in [0.2, 0.25) is 5.02 Å². The number of carbonyl (C=O) groups excluding carboxylic acids is 1. The summed E-state index contributed by atoms with van der Waals surface area (Å²) < 4.78 is 1.46. The fraction of sp³-hybridized carbons (Fsp3) is 0. The van der Waals surface area contributed by atoms with Crippen LogP contribution < -0.4 is 10.7 Å². The van der Waals surface area contributed by atoms with Crippen LogP contribution in [0.25, 0.3) is 11.6 Å². The van der Waals surface area contributed by atoms with Gasteiger partial charge in [0.15, 0.2) is 3.95 Å². The molecule has 2 aromatic carbocycles. The molecule has 140 valence electrons. The number of aliphatic imine (C=N–C) groups is 1. The van der Waals surface area contributed by atoms with Gasteiger partial charge in [0.25, 0.3) is 0 Å². The second-order valence-corrected chi connectivity index (χ2v) is 7.95. The van der Waals surface area contributed by atoms with Crippen molar-refractivity contribution in [3.05, 3.63) is 67.9 Å². The lowest BCUT2D eigenvalue weighted by Crippen LogP contribution is -2.27. The summed E-state index contributed by atoms with van der Waals surface area (Å²) in [5.74, 6) is -0.151. The number of thiazole rings is 1. The molecule has 0 saturated carbocycles. The summed E-state index contributed by atoms with van der Waals surface area (Å²) in [4.78, 5) is 17.1. The second kappa shape index (κ2) is 7.59. The molecule has 6 nitrogen and oxygen atoms in total. The third-order valence-corrected chi connectivity index (χ3v) is 5.50. The maximum atomic E-state index is 12.2. The average Bonchev–Trinajstić information content (AvgIpc) is 3.18. The van der Waals surface area contributed by atoms with Crippen LogP contribution in [0.3, 0.4) is 0 Å². The fourth-order valence-electron chi connectivity index (χ4n) is 2.70. The van der Waals surface area contributed by atoms with Crippen LogP contribution in [0, 0.1) is 3.95 Å². The lowest BCUT2D eigenvalue weighted by molar-refractivity contribution is 0.259. The van der Waals surface area contributed by atoms with Crippen LogP contribution in [-0.2, 0) is 0 Å². The topological polar surface area (TPSA) is 78.7 Å². The van der Waals surface area contributed by atoms with Crippen LogP contribution >= 0.6 is 35.2 Å². The van der Waals surface area contributed by atoms with E-state index in [4.69, 9.17) is 23.8 Å². The van der Waals surface area contributed by atoms with Crippen LogP contribution in [0.1, 0.15) is 10.4 Å². The Kier molecular flexibility index (Phi) is 4.99. The number of para-hydroxylation sites is 1. The van der Waals surface area contributed by atoms with Crippen molar-refractivity contribution in [2.45, 2.75) is 0 Å². The number of urea groups is 1. The number of anilines is 1. The van der Waals surface area contributed by atoms with Gasteiger partial charge < -0.3 is 10.4 Å². The lowest BCUT2D eigenvalue weighted by atomic mass is 10.1. The molecule has 9 heteroatoms. The van der Waals surface area contributed by atoms with Crippen molar-refractivity contribution in [1.29, 1.82) is 0 Å². The van der Waals surface area contributed by atoms with Gasteiger partial charge in [-0.2, -0.15) is 4.68 Å². The summed E-state index contributed by atoms with van der Waals surface area (Å²) in [5, 5.41) is 13.7. The van der Waals surface area contributed by atoms with Gasteiger partial charge in [-0.3, -0.25) is 4.99 Å². The number of hydrogen-bond donors (Lipinski definition) is 3. The first kappa shape index (κ1) is 18.4. The summed E-state index contributed by atoms with van der Waals surface area (Å²) in [5.41, 5.74) is 5.75. The highest BCUT2D eigenvalue weighted by atomic mass is 35.5. The molecule has 0 bridgehead atoms. The third-order valence-electron chi connectivity index (χ3n) is 3.95. The number of benzene rings is 2. The van der Waals surface area contributed by atoms with Gasteiger partial charge in [-0.15, -0.1) is 0 Å². The van der Waals surface area contributed by atoms with Crippen molar-refractivity contribution < 1.29 is 9.90 Å². The fourth-order valence-corrected chi connectivity index (χ4v) is 4.07. The number of hydrogen-bond acceptors (Lipinski definition) is 5. The van der Waals surface area contributed by atoms with Crippen LogP contribution in [-0.4, -0.2) is 22.0 Å². The first-order chi connectivity index (χ1) is 13.5. The van der Waals surface area contributed by atoms with E-state index in [2.05, 4.69) is 15.7 Å². The first-order valence-corrected chi connectivity index (χ1v) is 9.75. The van der Waals surface area contributed by atoms with Crippen molar-refractivity contribution >= 4 is 70.4 Å². The SMILES string of the molecule is O=C(Nc1cccc(Cl)c1)Nn1c(O)c(/C=C2/C=Nc3ccccc32)sc1=S. The molecule has 2 amide bonds. The molecule has 0 fully saturated rings. The lowest BCUT2D eigenvalue weighted by Gasteiger charge is -2.09. The summed E-state index contributed by atoms with van der Waals surface area (Å²) in [7, 11) is 0. The molecule has 0 aliphatic carbocycles. The molecule has 2 heterocycles. The molecular weight excluding hydrogens is 416 g/mol. The van der Waals surface area contributed by atoms with Gasteiger partial charge in [-0.25, -0.2) is 10.2 Å². The standard InChI is InChI=1S/C19H13ClN4O2S2/c20-12-4-3-5-13(9-12)22-18(26)23-24-17(25)16(28-19(24)27)8-11-10-21-15-7-2-1-6-14(11)15/h1-10,25H,(H2,22,23,26)/b11-8-. The van der Waals surface area contributed by atoms with Gasteiger partial charge in [0, 0.05) is 28.1 Å². The highest BCUT2D eigenvalue weighted by Crippen LogP contribution is 2.35. The molecule has 0 atom stereocenters. The van der Waals surface area contributed by atoms with E-state index in [0.29, 0.717) is 19.5 Å². The summed E-state index contributed by atoms with van der Waals surface area (Å²) >= 11 is 12.4. The van der Waals surface area contributed by atoms with Crippen molar-refractivity contribution in [1.82, 2.24) is 4.68 Å². The van der Waals surface area contributed by atoms with Crippen molar-refractivity contribution in [3.63, 3.8) is 0 Å². The number of fused-ring (bicyclic) bond motifs is 1. The zero-order chi connectivity index (χ0) is 19.7. The number of aromatic nitrogens is 1. The third kappa shape index (κ3) is 3.70. The van der Waals surface area contributed by atoms with Crippen LogP contribution in [0.4, 0.5) is 16.2 Å². The molecular formula is C19H13ClN4O2S2. The Bertz CT molecular complexity index is 1200. The normalized spacial score (nSPS) is 13.5. The highest BCUT2D eigenvalue weighted by Gasteiger charge is 2.16. The van der Waals surface area contributed by atoms with Gasteiger partial charge in [0.05, 0.1) is 10.6 Å². The molecule has 0 unspecified atom stereocenters. The zero-order valence-corrected chi connectivity index (χ0v) is 16.6. The predicted octanol–water partition coefficient (Wildman–Crippen LogP) is 5.67. The monoisotopic (exact) mass is 428 g/mol. The molecule has 3 N–H and O–H groups in total. The Balaban J connectivity index is 1.57. The molecule has 1 aliphatic heterocycles. The minimum Gasteiger partial charge on any atom is -0.492 e. The average molecular weight is 429 g/mol. The Morgan fingerprint density at radius 3 is 2.89 bits per heavy atom. The molecule has 28 heavy (non-hydrogen) atoms. The maximum Gasteiger partial charge on any atom is 0.338 e. The number of aromatic hydroxyl groups is 1. The molecule has 0 spiro atoms. The second-order valence-electron chi connectivity index (χ2n) is 5.84. The van der Waals surface area contributed by atoms with Gasteiger partial charge in [-0.1, -0.05) is 47.2 Å². The van der Waals surface area contributed by atoms with E-state index in [0.717, 1.165) is 21.5 Å². The van der Waals surface area contributed by atoms with E-state index in [-0.39, 0.29) is 5.88 Å². The molecule has 1 aliphatic rings. The molecule has 4 rings (SSSR count). The van der Waals surface area contributed by atoms with E-state index in [1.807, 2.05) is 24.3 Å². The van der Waals surface area contributed by atoms with Crippen LogP contribution in [0.15, 0.2) is 53.5 Å². The molecule has 3 aromatic rings. The number of amides is 2. The van der Waals surface area contributed by atoms with E-state index in [1.165, 1.54) is 11.3 Å². The van der Waals surface area contributed by atoms with Crippen LogP contribution in [0.5, 0.6) is 5.88 Å². The summed E-state index contributed by atoms with van der Waals surface area (Å²) in [6, 6.07) is 13.9. The Labute approximate surface area is 174 Å². The van der Waals surface area contributed by atoms with Gasteiger partial charge >= 0.3 is 6.03 Å². The smallest absolute Gasteiger partial charge is 0.338 e. The maximum absolute atomic E-state index is 12.2. The van der Waals surface area contributed by atoms with Crippen molar-refractivity contribution in [2.24, 2.45) is 4.99 Å². The Hall–Kier alpha value is -2.94. The zero-order valence-electron chi connectivity index (χ0n) is 14.2. The first-order valence-electron chi connectivity index (χ1n) is 8.15. The van der Waals surface area contributed by atoms with E-state index >= 15 is 0 Å². The van der Waals surface area contributed by atoms with E-state index in [9.17, 15) is 9.90 Å². The van der Waals surface area contributed by atoms with E-state index in [1.54, 1.807) is 36.6 Å². The van der Waals surface area contributed by atoms with Gasteiger partial charge in [-0.05, 0) is 42.6 Å².